The molecule has 0 N–H and O–H groups in total. The molecule has 0 aliphatic rings. The predicted molar refractivity (Wildman–Crippen MR) is 52.3 cm³/mol. The van der Waals surface area contributed by atoms with Gasteiger partial charge in [-0.25, -0.2) is 0 Å². The van der Waals surface area contributed by atoms with Crippen LogP contribution >= 0.6 is 0 Å². The Labute approximate surface area is 79.3 Å². The summed E-state index contributed by atoms with van der Waals surface area (Å²) in [5.41, 5.74) is 0. The van der Waals surface area contributed by atoms with Crippen LogP contribution in [0.5, 0.6) is 0 Å². The van der Waals surface area contributed by atoms with E-state index >= 15 is 0 Å². The first-order valence-electron chi connectivity index (χ1n) is 4.59. The first-order chi connectivity index (χ1) is 5.06. The van der Waals surface area contributed by atoms with Crippen LogP contribution in [0.2, 0.25) is 0 Å². The highest BCUT2D eigenvalue weighted by molar-refractivity contribution is 5.98. The molecule has 0 aliphatic heterocycles. The molecule has 0 amide bonds. The molecule has 0 saturated carbocycles. The quantitative estimate of drug-likeness (QED) is 0.576. The predicted octanol–water partition coefficient (Wildman–Crippen LogP) is 2.01. The lowest BCUT2D eigenvalue weighted by molar-refractivity contribution is 0.164. The van der Waals surface area contributed by atoms with E-state index in [-0.39, 0.29) is 0 Å². The molecule has 66 valence electrons. The highest BCUT2D eigenvalue weighted by Crippen LogP contribution is 2.15. The fourth-order valence-electron chi connectivity index (χ4n) is 1.34. The SMILES string of the molecule is CC(C)CC(CC(C)C)[O][AlH2]. The van der Waals surface area contributed by atoms with Crippen LogP contribution in [0.1, 0.15) is 40.5 Å². The van der Waals surface area contributed by atoms with Gasteiger partial charge in [-0.2, -0.15) is 0 Å². The maximum atomic E-state index is 5.51. The van der Waals surface area contributed by atoms with E-state index in [2.05, 4.69) is 27.7 Å². The molecule has 0 radical (unpaired) electrons. The Morgan fingerprint density at radius 3 is 1.55 bits per heavy atom. The normalized spacial score (nSPS) is 11.9. The second kappa shape index (κ2) is 6.06. The Bertz CT molecular complexity index is 81.6. The van der Waals surface area contributed by atoms with Gasteiger partial charge in [0.05, 0.1) is 0 Å². The van der Waals surface area contributed by atoms with Crippen molar-refractivity contribution in [3.63, 3.8) is 0 Å². The first-order valence-corrected chi connectivity index (χ1v) is 5.40. The van der Waals surface area contributed by atoms with Crippen molar-refractivity contribution < 1.29 is 3.79 Å². The van der Waals surface area contributed by atoms with Crippen molar-refractivity contribution in [3.8, 4) is 0 Å². The minimum Gasteiger partial charge on any atom is -0.504 e. The lowest BCUT2D eigenvalue weighted by atomic mass is 9.98. The molecule has 0 fully saturated rings. The first kappa shape index (κ1) is 11.5. The standard InChI is InChI=1S/C9H19O.Al.2H/c1-7(2)5-9(10)6-8(3)4;;;/h7-9H,5-6H2,1-4H3;;;/q-1;+1;;. The van der Waals surface area contributed by atoms with E-state index in [9.17, 15) is 0 Å². The molecular formula is C9H21AlO. The summed E-state index contributed by atoms with van der Waals surface area (Å²) in [6, 6.07) is 0. The van der Waals surface area contributed by atoms with Crippen molar-refractivity contribution in [2.24, 2.45) is 11.8 Å². The Balaban J connectivity index is 3.58. The summed E-state index contributed by atoms with van der Waals surface area (Å²) in [7, 11) is 0. The topological polar surface area (TPSA) is 9.23 Å². The largest absolute Gasteiger partial charge is 0.504 e. The Kier molecular flexibility index (Phi) is 6.33. The van der Waals surface area contributed by atoms with Crippen molar-refractivity contribution in [2.75, 3.05) is 0 Å². The van der Waals surface area contributed by atoms with E-state index in [4.69, 9.17) is 3.79 Å². The number of rotatable bonds is 5. The van der Waals surface area contributed by atoms with Crippen LogP contribution in [0.15, 0.2) is 0 Å². The second-order valence-corrected chi connectivity index (χ2v) is 4.59. The van der Waals surface area contributed by atoms with Gasteiger partial charge in [0.2, 0.25) is 0 Å². The van der Waals surface area contributed by atoms with E-state index in [0.717, 1.165) is 28.5 Å². The van der Waals surface area contributed by atoms with Gasteiger partial charge in [0, 0.05) is 6.10 Å². The van der Waals surface area contributed by atoms with Crippen LogP contribution in [0.25, 0.3) is 0 Å². The third kappa shape index (κ3) is 6.87. The van der Waals surface area contributed by atoms with E-state index in [1.54, 1.807) is 0 Å². The fraction of sp³-hybridized carbons (Fsp3) is 1.00. The van der Waals surface area contributed by atoms with Gasteiger partial charge < -0.3 is 3.79 Å². The molecule has 0 bridgehead atoms. The zero-order valence-corrected chi connectivity index (χ0v) is 10.6. The molecule has 11 heavy (non-hydrogen) atoms. The van der Waals surface area contributed by atoms with E-state index < -0.39 is 0 Å². The van der Waals surface area contributed by atoms with Crippen molar-refractivity contribution in [1.82, 2.24) is 0 Å². The minimum absolute atomic E-state index is 0.529. The molecule has 0 spiro atoms. The third-order valence-corrected chi connectivity index (χ3v) is 2.47. The molecule has 0 aromatic rings. The highest BCUT2D eigenvalue weighted by atomic mass is 27.1. The molecule has 0 atom stereocenters. The molecule has 1 nitrogen and oxygen atoms in total. The average Bonchev–Trinajstić information content (AvgIpc) is 1.84. The summed E-state index contributed by atoms with van der Waals surface area (Å²) in [6.07, 6.45) is 2.98. The Morgan fingerprint density at radius 2 is 1.36 bits per heavy atom. The summed E-state index contributed by atoms with van der Waals surface area (Å²) in [4.78, 5) is 0. The zero-order chi connectivity index (χ0) is 8.85. The third-order valence-electron chi connectivity index (χ3n) is 1.80. The van der Waals surface area contributed by atoms with Crippen molar-refractivity contribution in [1.29, 1.82) is 0 Å². The molecule has 0 aromatic heterocycles. The summed E-state index contributed by atoms with van der Waals surface area (Å²) < 4.78 is 5.51. The molecule has 0 unspecified atom stereocenters. The second-order valence-electron chi connectivity index (χ2n) is 4.12. The number of hydrogen-bond donors (Lipinski definition) is 0. The van der Waals surface area contributed by atoms with Gasteiger partial charge in [0.25, 0.3) is 0 Å². The van der Waals surface area contributed by atoms with Crippen LogP contribution in [0.3, 0.4) is 0 Å². The summed E-state index contributed by atoms with van der Waals surface area (Å²) >= 11 is 0.883. The Hall–Kier alpha value is 0.492. The molecular weight excluding hydrogens is 151 g/mol. The molecule has 0 aliphatic carbocycles. The lowest BCUT2D eigenvalue weighted by Crippen LogP contribution is -2.16. The van der Waals surface area contributed by atoms with Crippen LogP contribution in [0, 0.1) is 11.8 Å². The molecule has 0 saturated heterocycles. The minimum atomic E-state index is 0.529. The van der Waals surface area contributed by atoms with Gasteiger partial charge in [0.1, 0.15) is 0 Å². The lowest BCUT2D eigenvalue weighted by Gasteiger charge is -2.20. The maximum Gasteiger partial charge on any atom is 0.410 e. The van der Waals surface area contributed by atoms with Gasteiger partial charge in [-0.15, -0.1) is 0 Å². The smallest absolute Gasteiger partial charge is 0.410 e. The van der Waals surface area contributed by atoms with Crippen LogP contribution in [-0.4, -0.2) is 22.7 Å². The highest BCUT2D eigenvalue weighted by Gasteiger charge is 2.09. The summed E-state index contributed by atoms with van der Waals surface area (Å²) in [5.74, 6) is 1.54. The van der Waals surface area contributed by atoms with Gasteiger partial charge >= 0.3 is 16.6 Å². The van der Waals surface area contributed by atoms with Gasteiger partial charge in [-0.1, -0.05) is 27.7 Å². The number of hydrogen-bond acceptors (Lipinski definition) is 1. The van der Waals surface area contributed by atoms with Crippen molar-refractivity contribution >= 4 is 16.6 Å². The van der Waals surface area contributed by atoms with Crippen LogP contribution in [0.4, 0.5) is 0 Å². The molecule has 0 rings (SSSR count). The van der Waals surface area contributed by atoms with E-state index in [1.165, 1.54) is 12.8 Å². The zero-order valence-electron chi connectivity index (χ0n) is 8.55. The van der Waals surface area contributed by atoms with Gasteiger partial charge in [0.15, 0.2) is 0 Å². The molecule has 0 heterocycles. The average molecular weight is 172 g/mol. The van der Waals surface area contributed by atoms with Gasteiger partial charge in [-0.05, 0) is 24.7 Å². The summed E-state index contributed by atoms with van der Waals surface area (Å²) in [6.45, 7) is 9.03. The van der Waals surface area contributed by atoms with Crippen LogP contribution in [-0.2, 0) is 3.79 Å². The maximum absolute atomic E-state index is 5.51. The Morgan fingerprint density at radius 1 is 1.00 bits per heavy atom. The fourth-order valence-corrected chi connectivity index (χ4v) is 1.73. The van der Waals surface area contributed by atoms with E-state index in [0.29, 0.717) is 6.10 Å². The molecule has 2 heteroatoms. The van der Waals surface area contributed by atoms with Crippen LogP contribution < -0.4 is 0 Å². The molecule has 0 aromatic carbocycles. The summed E-state index contributed by atoms with van der Waals surface area (Å²) in [5, 5.41) is 0. The van der Waals surface area contributed by atoms with E-state index in [1.807, 2.05) is 0 Å². The van der Waals surface area contributed by atoms with Gasteiger partial charge in [-0.3, -0.25) is 0 Å². The monoisotopic (exact) mass is 172 g/mol. The van der Waals surface area contributed by atoms with Crippen molar-refractivity contribution in [2.45, 2.75) is 46.6 Å². The van der Waals surface area contributed by atoms with Crippen molar-refractivity contribution in [3.05, 3.63) is 0 Å².